The summed E-state index contributed by atoms with van der Waals surface area (Å²) >= 11 is 0. The number of H-pyrrole nitrogens is 1. The van der Waals surface area contributed by atoms with Gasteiger partial charge in [0.1, 0.15) is 0 Å². The molecular formula is C15H14N2O4. The van der Waals surface area contributed by atoms with Crippen molar-refractivity contribution in [3.63, 3.8) is 0 Å². The van der Waals surface area contributed by atoms with E-state index in [0.29, 0.717) is 22.4 Å². The molecule has 0 bridgehead atoms. The SMILES string of the molecule is COC(=O)c1cccc(NC(=O)c2ccc(=O)[nH]c2)c1C. The second-order valence-corrected chi connectivity index (χ2v) is 4.37. The van der Waals surface area contributed by atoms with Crippen molar-refractivity contribution in [3.05, 3.63) is 63.6 Å². The standard InChI is InChI=1S/C15H14N2O4/c1-9-11(15(20)21-2)4-3-5-12(9)17-14(19)10-6-7-13(18)16-8-10/h3-8H,1-2H3,(H,16,18)(H,17,19). The fourth-order valence-corrected chi connectivity index (χ4v) is 1.85. The van der Waals surface area contributed by atoms with E-state index in [1.807, 2.05) is 0 Å². The number of aromatic nitrogens is 1. The van der Waals surface area contributed by atoms with E-state index >= 15 is 0 Å². The first-order chi connectivity index (χ1) is 10.0. The van der Waals surface area contributed by atoms with E-state index in [4.69, 9.17) is 0 Å². The highest BCUT2D eigenvalue weighted by molar-refractivity contribution is 6.05. The zero-order valence-electron chi connectivity index (χ0n) is 11.6. The Labute approximate surface area is 120 Å². The predicted molar refractivity (Wildman–Crippen MR) is 77.5 cm³/mol. The molecule has 6 nitrogen and oxygen atoms in total. The van der Waals surface area contributed by atoms with Crippen molar-refractivity contribution < 1.29 is 14.3 Å². The second-order valence-electron chi connectivity index (χ2n) is 4.37. The fraction of sp³-hybridized carbons (Fsp3) is 0.133. The summed E-state index contributed by atoms with van der Waals surface area (Å²) < 4.78 is 4.68. The molecule has 21 heavy (non-hydrogen) atoms. The van der Waals surface area contributed by atoms with Crippen LogP contribution in [0.1, 0.15) is 26.3 Å². The van der Waals surface area contributed by atoms with Gasteiger partial charge in [-0.25, -0.2) is 4.79 Å². The van der Waals surface area contributed by atoms with Gasteiger partial charge >= 0.3 is 5.97 Å². The second kappa shape index (κ2) is 6.04. The van der Waals surface area contributed by atoms with Crippen LogP contribution in [0.25, 0.3) is 0 Å². The molecule has 0 unspecified atom stereocenters. The first-order valence-corrected chi connectivity index (χ1v) is 6.21. The number of nitrogens with one attached hydrogen (secondary N) is 2. The Morgan fingerprint density at radius 1 is 1.19 bits per heavy atom. The Hall–Kier alpha value is -2.89. The minimum Gasteiger partial charge on any atom is -0.465 e. The monoisotopic (exact) mass is 286 g/mol. The van der Waals surface area contributed by atoms with E-state index in [9.17, 15) is 14.4 Å². The Balaban J connectivity index is 2.27. The predicted octanol–water partition coefficient (Wildman–Crippen LogP) is 1.72. The number of carbonyl (C=O) groups is 2. The number of esters is 1. The van der Waals surface area contributed by atoms with Crippen LogP contribution in [0.15, 0.2) is 41.3 Å². The molecule has 2 N–H and O–H groups in total. The molecule has 0 radical (unpaired) electrons. The largest absolute Gasteiger partial charge is 0.465 e. The van der Waals surface area contributed by atoms with Crippen molar-refractivity contribution in [1.29, 1.82) is 0 Å². The summed E-state index contributed by atoms with van der Waals surface area (Å²) in [6.07, 6.45) is 1.33. The highest BCUT2D eigenvalue weighted by Gasteiger charge is 2.14. The molecule has 108 valence electrons. The minimum atomic E-state index is -0.465. The van der Waals surface area contributed by atoms with E-state index < -0.39 is 5.97 Å². The van der Waals surface area contributed by atoms with Crippen molar-refractivity contribution in [1.82, 2.24) is 4.98 Å². The van der Waals surface area contributed by atoms with Gasteiger partial charge in [-0.05, 0) is 30.7 Å². The molecule has 0 spiro atoms. The molecule has 0 fully saturated rings. The van der Waals surface area contributed by atoms with Crippen molar-refractivity contribution in [2.45, 2.75) is 6.92 Å². The fourth-order valence-electron chi connectivity index (χ4n) is 1.85. The lowest BCUT2D eigenvalue weighted by atomic mass is 10.1. The number of pyridine rings is 1. The van der Waals surface area contributed by atoms with E-state index in [0.717, 1.165) is 0 Å². The highest BCUT2D eigenvalue weighted by Crippen LogP contribution is 2.20. The highest BCUT2D eigenvalue weighted by atomic mass is 16.5. The van der Waals surface area contributed by atoms with Crippen LogP contribution in [0.2, 0.25) is 0 Å². The third-order valence-corrected chi connectivity index (χ3v) is 3.03. The van der Waals surface area contributed by atoms with Crippen LogP contribution in [-0.2, 0) is 4.74 Å². The number of aromatic amines is 1. The molecule has 0 aliphatic heterocycles. The van der Waals surface area contributed by atoms with Crippen LogP contribution >= 0.6 is 0 Å². The molecule has 0 saturated heterocycles. The number of benzene rings is 1. The summed E-state index contributed by atoms with van der Waals surface area (Å²) in [6, 6.07) is 7.66. The number of carbonyl (C=O) groups excluding carboxylic acids is 2. The van der Waals surface area contributed by atoms with Crippen LogP contribution in [0.4, 0.5) is 5.69 Å². The number of ether oxygens (including phenoxy) is 1. The quantitative estimate of drug-likeness (QED) is 0.841. The molecule has 0 atom stereocenters. The van der Waals surface area contributed by atoms with Gasteiger partial charge in [0.2, 0.25) is 5.56 Å². The molecular weight excluding hydrogens is 272 g/mol. The van der Waals surface area contributed by atoms with Gasteiger partial charge in [0.05, 0.1) is 18.2 Å². The molecule has 0 saturated carbocycles. The summed E-state index contributed by atoms with van der Waals surface area (Å²) in [7, 11) is 1.30. The van der Waals surface area contributed by atoms with Gasteiger partial charge in [-0.1, -0.05) is 6.07 Å². The number of amides is 1. The number of anilines is 1. The lowest BCUT2D eigenvalue weighted by Crippen LogP contribution is -2.16. The summed E-state index contributed by atoms with van der Waals surface area (Å²) in [4.78, 5) is 37.1. The summed E-state index contributed by atoms with van der Waals surface area (Å²) in [5, 5.41) is 2.70. The third-order valence-electron chi connectivity index (χ3n) is 3.03. The van der Waals surface area contributed by atoms with Crippen molar-refractivity contribution >= 4 is 17.6 Å². The Bertz CT molecular complexity index is 729. The van der Waals surface area contributed by atoms with Crippen LogP contribution in [0.5, 0.6) is 0 Å². The van der Waals surface area contributed by atoms with Crippen LogP contribution < -0.4 is 10.9 Å². The molecule has 1 aromatic heterocycles. The molecule has 2 aromatic rings. The third kappa shape index (κ3) is 3.17. The summed E-state index contributed by atoms with van der Waals surface area (Å²) in [6.45, 7) is 1.72. The maximum Gasteiger partial charge on any atom is 0.338 e. The summed E-state index contributed by atoms with van der Waals surface area (Å²) in [5.41, 5.74) is 1.54. The van der Waals surface area contributed by atoms with Crippen molar-refractivity contribution in [2.24, 2.45) is 0 Å². The van der Waals surface area contributed by atoms with Crippen LogP contribution in [0, 0.1) is 6.92 Å². The van der Waals surface area contributed by atoms with Gasteiger partial charge in [0.15, 0.2) is 0 Å². The Kier molecular flexibility index (Phi) is 4.18. The normalized spacial score (nSPS) is 10.0. The topological polar surface area (TPSA) is 88.3 Å². The van der Waals surface area contributed by atoms with Gasteiger partial charge in [-0.15, -0.1) is 0 Å². The molecule has 6 heteroatoms. The Morgan fingerprint density at radius 3 is 2.57 bits per heavy atom. The smallest absolute Gasteiger partial charge is 0.338 e. The molecule has 2 rings (SSSR count). The van der Waals surface area contributed by atoms with E-state index in [1.54, 1.807) is 25.1 Å². The first-order valence-electron chi connectivity index (χ1n) is 6.21. The van der Waals surface area contributed by atoms with Crippen molar-refractivity contribution in [2.75, 3.05) is 12.4 Å². The van der Waals surface area contributed by atoms with Crippen LogP contribution in [-0.4, -0.2) is 24.0 Å². The molecule has 1 amide bonds. The lowest BCUT2D eigenvalue weighted by molar-refractivity contribution is 0.0599. The maximum absolute atomic E-state index is 12.1. The van der Waals surface area contributed by atoms with Crippen LogP contribution in [0.3, 0.4) is 0 Å². The maximum atomic E-state index is 12.1. The Morgan fingerprint density at radius 2 is 1.95 bits per heavy atom. The number of hydrogen-bond acceptors (Lipinski definition) is 4. The van der Waals surface area contributed by atoms with Crippen molar-refractivity contribution in [3.8, 4) is 0 Å². The zero-order chi connectivity index (χ0) is 15.4. The van der Waals surface area contributed by atoms with E-state index in [2.05, 4.69) is 15.0 Å². The van der Waals surface area contributed by atoms with E-state index in [-0.39, 0.29) is 11.5 Å². The number of rotatable bonds is 3. The number of methoxy groups -OCH3 is 1. The molecule has 1 heterocycles. The lowest BCUT2D eigenvalue weighted by Gasteiger charge is -2.11. The first kappa shape index (κ1) is 14.5. The van der Waals surface area contributed by atoms with Gasteiger partial charge in [-0.2, -0.15) is 0 Å². The molecule has 1 aromatic carbocycles. The minimum absolute atomic E-state index is 0.282. The van der Waals surface area contributed by atoms with Gasteiger partial charge in [-0.3, -0.25) is 9.59 Å². The molecule has 0 aliphatic rings. The van der Waals surface area contributed by atoms with Gasteiger partial charge in [0, 0.05) is 18.0 Å². The molecule has 0 aliphatic carbocycles. The van der Waals surface area contributed by atoms with Gasteiger partial charge < -0.3 is 15.0 Å². The average molecular weight is 286 g/mol. The average Bonchev–Trinajstić information content (AvgIpc) is 2.49. The van der Waals surface area contributed by atoms with E-state index in [1.165, 1.54) is 25.4 Å². The number of hydrogen-bond donors (Lipinski definition) is 2. The van der Waals surface area contributed by atoms with Gasteiger partial charge in [0.25, 0.3) is 5.91 Å². The zero-order valence-corrected chi connectivity index (χ0v) is 11.6. The summed E-state index contributed by atoms with van der Waals surface area (Å²) in [5.74, 6) is -0.844.